The van der Waals surface area contributed by atoms with Gasteiger partial charge in [0.15, 0.2) is 0 Å². The lowest BCUT2D eigenvalue weighted by atomic mass is 10.1. The lowest BCUT2D eigenvalue weighted by Crippen LogP contribution is -2.31. The Hall–Kier alpha value is -3.13. The van der Waals surface area contributed by atoms with E-state index in [1.165, 1.54) is 0 Å². The lowest BCUT2D eigenvalue weighted by molar-refractivity contribution is 0.249. The van der Waals surface area contributed by atoms with Crippen LogP contribution in [-0.4, -0.2) is 53.4 Å². The summed E-state index contributed by atoms with van der Waals surface area (Å²) in [6.45, 7) is 3.26. The maximum absolute atomic E-state index is 12.2. The number of hydrogen-bond donors (Lipinski definition) is 3. The molecule has 3 aromatic rings. The number of nitrogens with one attached hydrogen (secondary N) is 3. The number of ether oxygens (including phenoxy) is 1. The van der Waals surface area contributed by atoms with Crippen LogP contribution in [0.15, 0.2) is 42.6 Å². The van der Waals surface area contributed by atoms with Crippen LogP contribution in [-0.2, 0) is 0 Å². The zero-order chi connectivity index (χ0) is 19.2. The van der Waals surface area contributed by atoms with E-state index in [1.54, 1.807) is 12.3 Å². The number of anilines is 1. The molecule has 8 nitrogen and oxygen atoms in total. The maximum atomic E-state index is 12.2. The number of pyridine rings is 1. The van der Waals surface area contributed by atoms with Crippen LogP contribution in [0.25, 0.3) is 10.9 Å². The minimum atomic E-state index is -0.319. The summed E-state index contributed by atoms with van der Waals surface area (Å²) in [5.41, 5.74) is 1.78. The van der Waals surface area contributed by atoms with E-state index < -0.39 is 0 Å². The van der Waals surface area contributed by atoms with Crippen molar-refractivity contribution in [3.8, 4) is 5.88 Å². The van der Waals surface area contributed by atoms with Crippen LogP contribution in [0.3, 0.4) is 0 Å². The molecule has 3 N–H and O–H groups in total. The molecule has 0 radical (unpaired) electrons. The molecule has 2 aromatic heterocycles. The van der Waals surface area contributed by atoms with Gasteiger partial charge in [-0.15, -0.1) is 5.10 Å². The number of amides is 2. The second-order valence-corrected chi connectivity index (χ2v) is 6.53. The Morgan fingerprint density at radius 1 is 1.30 bits per heavy atom. The molecule has 0 bridgehead atoms. The predicted octanol–water partition coefficient (Wildman–Crippen LogP) is 2.78. The van der Waals surface area contributed by atoms with Crippen molar-refractivity contribution in [1.82, 2.24) is 25.4 Å². The van der Waals surface area contributed by atoms with Crippen LogP contribution in [0.2, 0.25) is 0 Å². The van der Waals surface area contributed by atoms with E-state index in [2.05, 4.69) is 25.8 Å². The highest BCUT2D eigenvalue weighted by atomic mass is 16.5. The summed E-state index contributed by atoms with van der Waals surface area (Å²) in [5.74, 6) is 0.941. The Morgan fingerprint density at radius 2 is 2.07 bits per heavy atom. The van der Waals surface area contributed by atoms with Crippen molar-refractivity contribution in [2.24, 2.45) is 0 Å². The molecule has 2 amide bonds. The van der Waals surface area contributed by atoms with E-state index in [0.717, 1.165) is 23.0 Å². The van der Waals surface area contributed by atoms with Gasteiger partial charge in [-0.25, -0.2) is 9.78 Å². The molecule has 1 unspecified atom stereocenters. The summed E-state index contributed by atoms with van der Waals surface area (Å²) in [4.78, 5) is 18.5. The van der Waals surface area contributed by atoms with Crippen LogP contribution < -0.4 is 15.4 Å². The Labute approximate surface area is 157 Å². The molecule has 2 heterocycles. The second-order valence-electron chi connectivity index (χ2n) is 6.53. The highest BCUT2D eigenvalue weighted by Gasteiger charge is 2.12. The largest absolute Gasteiger partial charge is 0.475 e. The molecule has 3 rings (SSSR count). The molecule has 8 heteroatoms. The molecule has 142 valence electrons. The molecule has 0 fully saturated rings. The molecule has 0 saturated carbocycles. The van der Waals surface area contributed by atoms with Crippen molar-refractivity contribution in [3.63, 3.8) is 0 Å². The smallest absolute Gasteiger partial charge is 0.320 e. The molecule has 1 atom stereocenters. The van der Waals surface area contributed by atoms with Crippen molar-refractivity contribution < 1.29 is 9.53 Å². The van der Waals surface area contributed by atoms with Gasteiger partial charge in [-0.05, 0) is 26.6 Å². The Bertz CT molecular complexity index is 894. The molecule has 0 aliphatic heterocycles. The number of nitrogens with zero attached hydrogens (tertiary/aromatic N) is 3. The van der Waals surface area contributed by atoms with E-state index >= 15 is 0 Å². The molecular weight excluding hydrogens is 344 g/mol. The van der Waals surface area contributed by atoms with Gasteiger partial charge in [0, 0.05) is 18.8 Å². The van der Waals surface area contributed by atoms with E-state index in [-0.39, 0.29) is 12.1 Å². The predicted molar refractivity (Wildman–Crippen MR) is 105 cm³/mol. The topological polar surface area (TPSA) is 95.2 Å². The zero-order valence-corrected chi connectivity index (χ0v) is 15.7. The minimum absolute atomic E-state index is 0.112. The SMILES string of the molecule is CC(NC(=O)Nc1cc2[nH]nc(OCCN(C)C)c2cn1)c1ccccc1. The number of H-pyrrole nitrogens is 1. The summed E-state index contributed by atoms with van der Waals surface area (Å²) < 4.78 is 5.67. The van der Waals surface area contributed by atoms with Crippen LogP contribution in [0.5, 0.6) is 5.88 Å². The first kappa shape index (κ1) is 18.7. The van der Waals surface area contributed by atoms with Crippen LogP contribution >= 0.6 is 0 Å². The Balaban J connectivity index is 1.61. The first-order chi connectivity index (χ1) is 13.0. The van der Waals surface area contributed by atoms with Gasteiger partial charge in [0.2, 0.25) is 5.88 Å². The standard InChI is InChI=1S/C19H24N6O2/c1-13(14-7-5-4-6-8-14)21-19(26)22-17-11-16-15(12-20-17)18(24-23-16)27-10-9-25(2)3/h4-8,11-13H,9-10H2,1-3H3,(H,23,24)(H2,20,21,22,26). The third kappa shape index (κ3) is 4.95. The number of aromatic nitrogens is 3. The van der Waals surface area contributed by atoms with Gasteiger partial charge in [-0.3, -0.25) is 10.4 Å². The number of carbonyl (C=O) groups excluding carboxylic acids is 1. The van der Waals surface area contributed by atoms with Crippen LogP contribution in [0, 0.1) is 0 Å². The van der Waals surface area contributed by atoms with Gasteiger partial charge >= 0.3 is 6.03 Å². The molecule has 0 spiro atoms. The quantitative estimate of drug-likeness (QED) is 0.596. The number of fused-ring (bicyclic) bond motifs is 1. The third-order valence-corrected chi connectivity index (χ3v) is 4.08. The Kier molecular flexibility index (Phi) is 5.87. The fourth-order valence-corrected chi connectivity index (χ4v) is 2.57. The van der Waals surface area contributed by atoms with E-state index in [1.807, 2.05) is 56.3 Å². The minimum Gasteiger partial charge on any atom is -0.475 e. The normalized spacial score (nSPS) is 12.1. The van der Waals surface area contributed by atoms with E-state index in [9.17, 15) is 4.79 Å². The lowest BCUT2D eigenvalue weighted by Gasteiger charge is -2.14. The summed E-state index contributed by atoms with van der Waals surface area (Å²) in [6.07, 6.45) is 1.64. The fourth-order valence-electron chi connectivity index (χ4n) is 2.57. The Morgan fingerprint density at radius 3 is 2.81 bits per heavy atom. The zero-order valence-electron chi connectivity index (χ0n) is 15.7. The molecule has 0 aliphatic rings. The monoisotopic (exact) mass is 368 g/mol. The summed E-state index contributed by atoms with van der Waals surface area (Å²) >= 11 is 0. The van der Waals surface area contributed by atoms with Gasteiger partial charge in [0.1, 0.15) is 12.4 Å². The number of rotatable bonds is 7. The number of urea groups is 1. The van der Waals surface area contributed by atoms with Crippen LogP contribution in [0.1, 0.15) is 18.5 Å². The van der Waals surface area contributed by atoms with Crippen LogP contribution in [0.4, 0.5) is 10.6 Å². The first-order valence-electron chi connectivity index (χ1n) is 8.77. The van der Waals surface area contributed by atoms with Gasteiger partial charge < -0.3 is 15.0 Å². The van der Waals surface area contributed by atoms with Crippen molar-refractivity contribution in [2.45, 2.75) is 13.0 Å². The summed E-state index contributed by atoms with van der Waals surface area (Å²) in [7, 11) is 3.96. The number of aromatic amines is 1. The summed E-state index contributed by atoms with van der Waals surface area (Å²) in [5, 5.41) is 13.5. The maximum Gasteiger partial charge on any atom is 0.320 e. The van der Waals surface area contributed by atoms with E-state index in [4.69, 9.17) is 4.74 Å². The molecule has 1 aromatic carbocycles. The van der Waals surface area contributed by atoms with Crippen molar-refractivity contribution in [1.29, 1.82) is 0 Å². The van der Waals surface area contributed by atoms with Crippen molar-refractivity contribution in [3.05, 3.63) is 48.2 Å². The number of likely N-dealkylation sites (N-methyl/N-ethyl adjacent to an activating group) is 1. The van der Waals surface area contributed by atoms with Gasteiger partial charge in [0.05, 0.1) is 16.9 Å². The highest BCUT2D eigenvalue weighted by molar-refractivity contribution is 5.92. The van der Waals surface area contributed by atoms with Crippen molar-refractivity contribution in [2.75, 3.05) is 32.6 Å². The second kappa shape index (κ2) is 8.50. The van der Waals surface area contributed by atoms with Gasteiger partial charge in [0.25, 0.3) is 0 Å². The number of carbonyl (C=O) groups is 1. The summed E-state index contributed by atoms with van der Waals surface area (Å²) in [6, 6.07) is 11.1. The van der Waals surface area contributed by atoms with E-state index in [0.29, 0.717) is 18.3 Å². The molecule has 27 heavy (non-hydrogen) atoms. The average Bonchev–Trinajstić information content (AvgIpc) is 3.04. The first-order valence-corrected chi connectivity index (χ1v) is 8.77. The van der Waals surface area contributed by atoms with Crippen molar-refractivity contribution >= 4 is 22.8 Å². The average molecular weight is 368 g/mol. The van der Waals surface area contributed by atoms with Gasteiger partial charge in [-0.2, -0.15) is 0 Å². The third-order valence-electron chi connectivity index (χ3n) is 4.08. The highest BCUT2D eigenvalue weighted by Crippen LogP contribution is 2.23. The molecular formula is C19H24N6O2. The fraction of sp³-hybridized carbons (Fsp3) is 0.316. The van der Waals surface area contributed by atoms with Gasteiger partial charge in [-0.1, -0.05) is 30.3 Å². The number of hydrogen-bond acceptors (Lipinski definition) is 5. The number of benzene rings is 1. The molecule has 0 saturated heterocycles. The molecule has 0 aliphatic carbocycles.